The monoisotopic (exact) mass is 423 g/mol. The third-order valence-corrected chi connectivity index (χ3v) is 6.10. The Morgan fingerprint density at radius 1 is 1.13 bits per heavy atom. The average Bonchev–Trinajstić information content (AvgIpc) is 2.75. The summed E-state index contributed by atoms with van der Waals surface area (Å²) in [5.74, 6) is 0.232. The van der Waals surface area contributed by atoms with Crippen LogP contribution in [-0.4, -0.2) is 46.4 Å². The van der Waals surface area contributed by atoms with Gasteiger partial charge in [0.25, 0.3) is 0 Å². The quantitative estimate of drug-likeness (QED) is 0.599. The van der Waals surface area contributed by atoms with Gasteiger partial charge in [-0.15, -0.1) is 0 Å². The molecule has 0 aliphatic carbocycles. The van der Waals surface area contributed by atoms with Crippen LogP contribution in [0.25, 0.3) is 10.9 Å². The molecule has 0 amide bonds. The number of aromatic nitrogens is 1. The second kappa shape index (κ2) is 9.56. The molecule has 0 bridgehead atoms. The number of anilines is 1. The summed E-state index contributed by atoms with van der Waals surface area (Å²) in [6, 6.07) is 15.8. The number of carbonyl (C=O) groups is 1. The first-order valence-electron chi connectivity index (χ1n) is 10.4. The van der Waals surface area contributed by atoms with Gasteiger partial charge in [-0.05, 0) is 42.7 Å². The maximum absolute atomic E-state index is 12.7. The number of Topliss-reactive ketones (excluding diaryl/α,β-unsaturated/α-hetero) is 1. The van der Waals surface area contributed by atoms with Crippen molar-refractivity contribution < 1.29 is 9.90 Å². The van der Waals surface area contributed by atoms with Crippen molar-refractivity contribution in [2.24, 2.45) is 0 Å². The van der Waals surface area contributed by atoms with Crippen molar-refractivity contribution in [3.05, 3.63) is 70.9 Å². The standard InChI is InChI=1S/C24H26ClN3O2/c25-22-6-2-8-24(21(22)16-29)27-18-9-12-28(13-10-18)15-19(30)14-17-4-1-7-23-20(17)5-3-11-26-23/h1-8,11,18,27,29H,9-10,12-16H2. The molecule has 1 aromatic heterocycles. The number of ketones is 1. The zero-order chi connectivity index (χ0) is 20.9. The molecular weight excluding hydrogens is 398 g/mol. The van der Waals surface area contributed by atoms with Gasteiger partial charge in [-0.1, -0.05) is 35.9 Å². The Labute approximate surface area is 181 Å². The Hall–Kier alpha value is -2.47. The van der Waals surface area contributed by atoms with Gasteiger partial charge in [-0.25, -0.2) is 0 Å². The third kappa shape index (κ3) is 4.81. The maximum atomic E-state index is 12.7. The van der Waals surface area contributed by atoms with E-state index in [2.05, 4.69) is 15.2 Å². The molecule has 2 aromatic carbocycles. The molecule has 0 atom stereocenters. The number of nitrogens with one attached hydrogen (secondary N) is 1. The van der Waals surface area contributed by atoms with Crippen LogP contribution in [0.5, 0.6) is 0 Å². The van der Waals surface area contributed by atoms with E-state index in [1.54, 1.807) is 12.3 Å². The second-order valence-corrected chi connectivity index (χ2v) is 8.23. The SMILES string of the molecule is O=C(Cc1cccc2ncccc12)CN1CCC(Nc2cccc(Cl)c2CO)CC1. The normalized spacial score (nSPS) is 15.4. The molecule has 0 saturated carbocycles. The summed E-state index contributed by atoms with van der Waals surface area (Å²) < 4.78 is 0. The van der Waals surface area contributed by atoms with E-state index in [0.29, 0.717) is 24.0 Å². The molecule has 0 unspecified atom stereocenters. The minimum absolute atomic E-state index is 0.0843. The van der Waals surface area contributed by atoms with Crippen LogP contribution in [0.4, 0.5) is 5.69 Å². The van der Waals surface area contributed by atoms with Crippen LogP contribution >= 0.6 is 11.6 Å². The van der Waals surface area contributed by atoms with Crippen LogP contribution in [0, 0.1) is 0 Å². The predicted molar refractivity (Wildman–Crippen MR) is 121 cm³/mol. The number of aliphatic hydroxyl groups is 1. The van der Waals surface area contributed by atoms with Crippen LogP contribution in [0.15, 0.2) is 54.7 Å². The number of nitrogens with zero attached hydrogens (tertiary/aromatic N) is 2. The fourth-order valence-corrected chi connectivity index (χ4v) is 4.38. The van der Waals surface area contributed by atoms with Gasteiger partial charge in [0.1, 0.15) is 0 Å². The number of halogens is 1. The number of benzene rings is 2. The lowest BCUT2D eigenvalue weighted by molar-refractivity contribution is -0.119. The number of hydrogen-bond acceptors (Lipinski definition) is 5. The summed E-state index contributed by atoms with van der Waals surface area (Å²) in [6.07, 6.45) is 4.11. The summed E-state index contributed by atoms with van der Waals surface area (Å²) in [5.41, 5.74) is 3.60. The highest BCUT2D eigenvalue weighted by Gasteiger charge is 2.22. The van der Waals surface area contributed by atoms with Crippen molar-refractivity contribution in [2.45, 2.75) is 31.9 Å². The van der Waals surface area contributed by atoms with E-state index < -0.39 is 0 Å². The Balaban J connectivity index is 1.30. The van der Waals surface area contributed by atoms with Crippen LogP contribution in [0.2, 0.25) is 5.02 Å². The van der Waals surface area contributed by atoms with E-state index in [1.165, 1.54) is 0 Å². The maximum Gasteiger partial charge on any atom is 0.151 e. The van der Waals surface area contributed by atoms with E-state index in [0.717, 1.165) is 53.6 Å². The Morgan fingerprint density at radius 2 is 1.93 bits per heavy atom. The fraction of sp³-hybridized carbons (Fsp3) is 0.333. The van der Waals surface area contributed by atoms with Crippen molar-refractivity contribution >= 4 is 34.0 Å². The van der Waals surface area contributed by atoms with Crippen molar-refractivity contribution in [1.29, 1.82) is 0 Å². The predicted octanol–water partition coefficient (Wildman–Crippen LogP) is 4.07. The first kappa shape index (κ1) is 20.8. The fourth-order valence-electron chi connectivity index (χ4n) is 4.15. The Kier molecular flexibility index (Phi) is 6.62. The van der Waals surface area contributed by atoms with E-state index in [1.807, 2.05) is 42.5 Å². The van der Waals surface area contributed by atoms with Crippen LogP contribution in [-0.2, 0) is 17.8 Å². The highest BCUT2D eigenvalue weighted by molar-refractivity contribution is 6.31. The van der Waals surface area contributed by atoms with Gasteiger partial charge in [-0.2, -0.15) is 0 Å². The summed E-state index contributed by atoms with van der Waals surface area (Å²) in [5, 5.41) is 14.7. The molecule has 3 aromatic rings. The number of likely N-dealkylation sites (tertiary alicyclic amines) is 1. The number of carbonyl (C=O) groups excluding carboxylic acids is 1. The topological polar surface area (TPSA) is 65.5 Å². The van der Waals surface area contributed by atoms with Gasteiger partial charge in [0.05, 0.1) is 18.7 Å². The molecule has 6 heteroatoms. The minimum Gasteiger partial charge on any atom is -0.392 e. The van der Waals surface area contributed by atoms with Gasteiger partial charge >= 0.3 is 0 Å². The highest BCUT2D eigenvalue weighted by Crippen LogP contribution is 2.26. The van der Waals surface area contributed by atoms with Gasteiger partial charge in [0, 0.05) is 53.4 Å². The molecule has 1 fully saturated rings. The lowest BCUT2D eigenvalue weighted by Crippen LogP contribution is -2.41. The third-order valence-electron chi connectivity index (χ3n) is 5.75. The zero-order valence-corrected chi connectivity index (χ0v) is 17.6. The van der Waals surface area contributed by atoms with E-state index >= 15 is 0 Å². The van der Waals surface area contributed by atoms with Crippen molar-refractivity contribution in [3.63, 3.8) is 0 Å². The van der Waals surface area contributed by atoms with E-state index in [4.69, 9.17) is 11.6 Å². The summed E-state index contributed by atoms with van der Waals surface area (Å²) in [7, 11) is 0. The lowest BCUT2D eigenvalue weighted by atomic mass is 10.0. The summed E-state index contributed by atoms with van der Waals surface area (Å²) in [6.45, 7) is 2.13. The number of piperidine rings is 1. The smallest absolute Gasteiger partial charge is 0.151 e. The minimum atomic E-state index is -0.0843. The molecule has 1 aliphatic rings. The first-order chi connectivity index (χ1) is 14.6. The molecule has 30 heavy (non-hydrogen) atoms. The first-order valence-corrected chi connectivity index (χ1v) is 10.7. The Morgan fingerprint density at radius 3 is 2.73 bits per heavy atom. The zero-order valence-electron chi connectivity index (χ0n) is 16.9. The molecule has 1 saturated heterocycles. The molecule has 0 radical (unpaired) electrons. The van der Waals surface area contributed by atoms with E-state index in [-0.39, 0.29) is 12.4 Å². The number of rotatable bonds is 7. The van der Waals surface area contributed by atoms with Crippen molar-refractivity contribution in [1.82, 2.24) is 9.88 Å². The molecule has 156 valence electrons. The molecule has 4 rings (SSSR count). The van der Waals surface area contributed by atoms with Gasteiger partial charge < -0.3 is 10.4 Å². The number of hydrogen-bond donors (Lipinski definition) is 2. The highest BCUT2D eigenvalue weighted by atomic mass is 35.5. The van der Waals surface area contributed by atoms with E-state index in [9.17, 15) is 9.90 Å². The van der Waals surface area contributed by atoms with Crippen molar-refractivity contribution in [3.8, 4) is 0 Å². The second-order valence-electron chi connectivity index (χ2n) is 7.82. The molecule has 2 N–H and O–H groups in total. The molecule has 5 nitrogen and oxygen atoms in total. The van der Waals surface area contributed by atoms with Crippen molar-refractivity contribution in [2.75, 3.05) is 25.0 Å². The summed E-state index contributed by atoms with van der Waals surface area (Å²) >= 11 is 6.18. The number of pyridine rings is 1. The molecular formula is C24H26ClN3O2. The number of aliphatic hydroxyl groups excluding tert-OH is 1. The molecule has 1 aliphatic heterocycles. The van der Waals surface area contributed by atoms with Crippen LogP contribution in [0.1, 0.15) is 24.0 Å². The molecule has 2 heterocycles. The van der Waals surface area contributed by atoms with Gasteiger partial charge in [-0.3, -0.25) is 14.7 Å². The lowest BCUT2D eigenvalue weighted by Gasteiger charge is -2.33. The number of fused-ring (bicyclic) bond motifs is 1. The largest absolute Gasteiger partial charge is 0.392 e. The summed E-state index contributed by atoms with van der Waals surface area (Å²) in [4.78, 5) is 19.3. The molecule has 0 spiro atoms. The van der Waals surface area contributed by atoms with Gasteiger partial charge in [0.2, 0.25) is 0 Å². The Bertz CT molecular complexity index is 1030. The van der Waals surface area contributed by atoms with Gasteiger partial charge in [0.15, 0.2) is 5.78 Å². The van der Waals surface area contributed by atoms with Crippen LogP contribution < -0.4 is 5.32 Å². The van der Waals surface area contributed by atoms with Crippen LogP contribution in [0.3, 0.4) is 0 Å². The average molecular weight is 424 g/mol.